The number of amides is 11. The van der Waals surface area contributed by atoms with Gasteiger partial charge in [0.25, 0.3) is 27.7 Å². The summed E-state index contributed by atoms with van der Waals surface area (Å²) in [6.45, 7) is 18.3. The molecule has 0 aromatic heterocycles. The second kappa shape index (κ2) is 31.8. The standard InChI is InChI=1S/C65H91N11O13S/c1-40(2)49(75(12)60(84)55(63(6,7)8)72-59(83)54(67-11)64(9,10)44-20-15-13-16-21-44)38-42(5)56(80)74-90(87,88)47-30-26-45(27-31-47)65(34-35-65)73-62(86)89-39-43-24-28-46(29-25-43)69-57(81)48(22-19-36-68-61(66)85)70-58(82)53(41(3)4)71-50(77)23-17-14-18-37-76-51(78)32-33-52(76)79/h13,15-16,20-21,24-33,38,40-41,48-49,53-55,67H,14,17-19,22-23,34-37,39H2,1-12H3,(H,69,81)(H,70,82)(H,71,77)(H,72,83)(H,73,86)(H,74,80)(H3,66,68,85)/b42-38+/t48-,49-,53-,54-,55-/m1/s1. The number of nitrogens with zero attached hydrogens (tertiary/aromatic N) is 2. The average molecular weight is 1270 g/mol. The Morgan fingerprint density at radius 1 is 0.756 bits per heavy atom. The Morgan fingerprint density at radius 2 is 1.38 bits per heavy atom. The van der Waals surface area contributed by atoms with Crippen LogP contribution in [-0.4, -0.2) is 135 Å². The highest BCUT2D eigenvalue weighted by atomic mass is 32.2. The van der Waals surface area contributed by atoms with E-state index in [1.165, 1.54) is 36.1 Å². The molecule has 24 nitrogen and oxygen atoms in total. The van der Waals surface area contributed by atoms with Gasteiger partial charge in [-0.3, -0.25) is 43.3 Å². The number of urea groups is 1. The Morgan fingerprint density at radius 3 is 1.93 bits per heavy atom. The number of carbonyl (C=O) groups excluding carboxylic acids is 10. The number of hydrogen-bond donors (Lipinski definition) is 9. The van der Waals surface area contributed by atoms with Crippen LogP contribution in [0.1, 0.15) is 137 Å². The molecule has 10 N–H and O–H groups in total. The zero-order valence-electron chi connectivity index (χ0n) is 53.7. The second-order valence-corrected chi connectivity index (χ2v) is 27.0. The van der Waals surface area contributed by atoms with Crippen molar-refractivity contribution in [2.24, 2.45) is 23.0 Å². The molecule has 25 heteroatoms. The molecule has 5 atom stereocenters. The van der Waals surface area contributed by atoms with Gasteiger partial charge in [0.1, 0.15) is 24.7 Å². The fraction of sp³-hybridized carbons (Fsp3) is 0.508. The molecule has 1 saturated carbocycles. The number of ether oxygens (including phenoxy) is 1. The Labute approximate surface area is 528 Å². The van der Waals surface area contributed by atoms with Crippen molar-refractivity contribution in [2.45, 2.75) is 173 Å². The number of nitrogens with two attached hydrogens (primary N) is 1. The van der Waals surface area contributed by atoms with Gasteiger partial charge >= 0.3 is 12.1 Å². The van der Waals surface area contributed by atoms with Crippen LogP contribution in [0, 0.1) is 17.3 Å². The van der Waals surface area contributed by atoms with Crippen LogP contribution in [0.25, 0.3) is 0 Å². The summed E-state index contributed by atoms with van der Waals surface area (Å²) < 4.78 is 35.0. The predicted molar refractivity (Wildman–Crippen MR) is 340 cm³/mol. The minimum Gasteiger partial charge on any atom is -0.445 e. The van der Waals surface area contributed by atoms with Crippen molar-refractivity contribution < 1.29 is 61.1 Å². The quantitative estimate of drug-likeness (QED) is 0.0214. The van der Waals surface area contributed by atoms with Gasteiger partial charge in [0.05, 0.1) is 22.5 Å². The molecule has 3 aromatic carbocycles. The molecule has 5 rings (SSSR count). The van der Waals surface area contributed by atoms with Crippen molar-refractivity contribution in [3.8, 4) is 0 Å². The van der Waals surface area contributed by atoms with Crippen LogP contribution in [0.5, 0.6) is 0 Å². The molecule has 0 saturated heterocycles. The van der Waals surface area contributed by atoms with Crippen LogP contribution in [-0.2, 0) is 70.7 Å². The monoisotopic (exact) mass is 1270 g/mol. The predicted octanol–water partition coefficient (Wildman–Crippen LogP) is 5.43. The summed E-state index contributed by atoms with van der Waals surface area (Å²) >= 11 is 0. The summed E-state index contributed by atoms with van der Waals surface area (Å²) in [5.74, 6) is -4.57. The number of carbonyl (C=O) groups is 10. The van der Waals surface area contributed by atoms with Crippen LogP contribution in [0.2, 0.25) is 0 Å². The van der Waals surface area contributed by atoms with Gasteiger partial charge in [-0.1, -0.05) is 129 Å². The number of rotatable bonds is 32. The van der Waals surface area contributed by atoms with Crippen LogP contribution >= 0.6 is 0 Å². The highest BCUT2D eigenvalue weighted by Crippen LogP contribution is 2.46. The maximum Gasteiger partial charge on any atom is 0.408 e. The van der Waals surface area contributed by atoms with E-state index < -0.39 is 92.4 Å². The third-order valence-electron chi connectivity index (χ3n) is 16.1. The number of unbranched alkanes of at least 4 members (excludes halogenated alkanes) is 2. The Balaban J connectivity index is 1.13. The van der Waals surface area contributed by atoms with Gasteiger partial charge in [-0.2, -0.15) is 0 Å². The second-order valence-electron chi connectivity index (χ2n) is 25.3. The summed E-state index contributed by atoms with van der Waals surface area (Å²) in [5.41, 5.74) is 5.50. The molecular weight excluding hydrogens is 1170 g/mol. The number of alkyl carbamates (subject to hydrolysis) is 1. The van der Waals surface area contributed by atoms with E-state index in [0.29, 0.717) is 48.9 Å². The van der Waals surface area contributed by atoms with E-state index in [2.05, 4.69) is 41.9 Å². The number of imide groups is 1. The van der Waals surface area contributed by atoms with Crippen molar-refractivity contribution in [1.29, 1.82) is 0 Å². The third kappa shape index (κ3) is 20.3. The van der Waals surface area contributed by atoms with E-state index in [1.54, 1.807) is 70.4 Å². The third-order valence-corrected chi connectivity index (χ3v) is 17.5. The number of primary amides is 1. The Kier molecular flexibility index (Phi) is 25.6. The number of anilines is 1. The highest BCUT2D eigenvalue weighted by Gasteiger charge is 2.47. The zero-order chi connectivity index (χ0) is 66.9. The fourth-order valence-electron chi connectivity index (χ4n) is 10.5. The molecule has 90 heavy (non-hydrogen) atoms. The zero-order valence-corrected chi connectivity index (χ0v) is 54.6. The number of benzene rings is 3. The van der Waals surface area contributed by atoms with E-state index in [-0.39, 0.29) is 84.9 Å². The molecule has 3 aromatic rings. The Hall–Kier alpha value is -8.45. The normalized spacial score (nSPS) is 15.6. The summed E-state index contributed by atoms with van der Waals surface area (Å²) in [6.07, 6.45) is 6.26. The van der Waals surface area contributed by atoms with Crippen LogP contribution in [0.3, 0.4) is 0 Å². The first kappa shape index (κ1) is 72.3. The van der Waals surface area contributed by atoms with Crippen molar-refractivity contribution in [3.05, 3.63) is 119 Å². The SMILES string of the molecule is CN[C@H](C(=O)N[C@H](C(=O)N(C)[C@H](/C=C(\C)C(=O)NS(=O)(=O)c1ccc(C2(NC(=O)OCc3ccc(NC(=O)[C@@H](CCCNC(N)=O)NC(=O)[C@H](NC(=O)CCCCCN4C(=O)C=CC4=O)C(C)C)cc3)CC2)cc1)C(C)C)C(C)(C)C)C(C)(C)c1ccccc1. The summed E-state index contributed by atoms with van der Waals surface area (Å²) in [5, 5.41) is 19.8. The number of nitrogens with one attached hydrogen (secondary N) is 8. The summed E-state index contributed by atoms with van der Waals surface area (Å²) in [4.78, 5) is 133. The van der Waals surface area contributed by atoms with Crippen molar-refractivity contribution >= 4 is 75.1 Å². The lowest BCUT2D eigenvalue weighted by molar-refractivity contribution is -0.141. The number of hydrogen-bond acceptors (Lipinski definition) is 14. The average Bonchev–Trinajstić information content (AvgIpc) is 1.80. The molecular formula is C65H91N11O13S. The van der Waals surface area contributed by atoms with Gasteiger partial charge in [0.15, 0.2) is 0 Å². The van der Waals surface area contributed by atoms with Gasteiger partial charge in [-0.05, 0) is 111 Å². The first-order valence-electron chi connectivity index (χ1n) is 30.4. The molecule has 0 radical (unpaired) electrons. The van der Waals surface area contributed by atoms with E-state index in [9.17, 15) is 56.4 Å². The molecule has 1 aliphatic heterocycles. The lowest BCUT2D eigenvalue weighted by Crippen LogP contribution is -2.61. The molecule has 490 valence electrons. The highest BCUT2D eigenvalue weighted by molar-refractivity contribution is 7.90. The number of sulfonamides is 1. The first-order valence-corrected chi connectivity index (χ1v) is 31.9. The molecule has 11 amide bonds. The molecule has 2 aliphatic rings. The number of likely N-dealkylation sites (N-methyl/N-ethyl adjacent to an activating group) is 2. The van der Waals surface area contributed by atoms with E-state index in [4.69, 9.17) is 10.5 Å². The lowest BCUT2D eigenvalue weighted by atomic mass is 9.76. The van der Waals surface area contributed by atoms with Crippen LogP contribution in [0.4, 0.5) is 15.3 Å². The fourth-order valence-corrected chi connectivity index (χ4v) is 11.5. The van der Waals surface area contributed by atoms with Gasteiger partial charge in [-0.15, -0.1) is 0 Å². The van der Waals surface area contributed by atoms with E-state index in [0.717, 1.165) is 10.5 Å². The topological polar surface area (TPSA) is 343 Å². The lowest BCUT2D eigenvalue weighted by Gasteiger charge is -2.40. The molecule has 1 heterocycles. The van der Waals surface area contributed by atoms with Gasteiger partial charge in [0, 0.05) is 55.4 Å². The smallest absolute Gasteiger partial charge is 0.408 e. The van der Waals surface area contributed by atoms with Crippen LogP contribution in [0.15, 0.2) is 108 Å². The molecule has 0 unspecified atom stereocenters. The van der Waals surface area contributed by atoms with Gasteiger partial charge in [-0.25, -0.2) is 22.7 Å². The first-order chi connectivity index (χ1) is 42.2. The van der Waals surface area contributed by atoms with E-state index >= 15 is 0 Å². The minimum absolute atomic E-state index is 0.0406. The van der Waals surface area contributed by atoms with Crippen molar-refractivity contribution in [1.82, 2.24) is 46.4 Å². The summed E-state index contributed by atoms with van der Waals surface area (Å²) in [6, 6.07) is 16.6. The molecule has 0 bridgehead atoms. The summed E-state index contributed by atoms with van der Waals surface area (Å²) in [7, 11) is -1.12. The largest absolute Gasteiger partial charge is 0.445 e. The maximum absolute atomic E-state index is 14.4. The van der Waals surface area contributed by atoms with Crippen molar-refractivity contribution in [2.75, 3.05) is 32.5 Å². The maximum atomic E-state index is 14.4. The van der Waals surface area contributed by atoms with E-state index in [1.807, 2.05) is 78.8 Å². The molecule has 1 aliphatic carbocycles. The van der Waals surface area contributed by atoms with Gasteiger partial charge < -0.3 is 52.6 Å². The minimum atomic E-state index is -4.40. The molecule has 1 fully saturated rings. The Bertz CT molecular complexity index is 3230. The van der Waals surface area contributed by atoms with Crippen LogP contribution < -0.4 is 47.7 Å². The molecule has 0 spiro atoms. The van der Waals surface area contributed by atoms with Crippen molar-refractivity contribution in [3.63, 3.8) is 0 Å². The van der Waals surface area contributed by atoms with Gasteiger partial charge in [0.2, 0.25) is 29.5 Å².